The summed E-state index contributed by atoms with van der Waals surface area (Å²) in [6.45, 7) is 3.38. The summed E-state index contributed by atoms with van der Waals surface area (Å²) < 4.78 is 11.1. The molecular weight excluding hydrogens is 456 g/mol. The smallest absolute Gasteiger partial charge is 0.358 e. The second-order valence-corrected chi connectivity index (χ2v) is 8.73. The Kier molecular flexibility index (Phi) is 7.92. The first-order chi connectivity index (χ1) is 16.5. The monoisotopic (exact) mass is 484 g/mol. The molecule has 8 nitrogen and oxygen atoms in total. The van der Waals surface area contributed by atoms with Gasteiger partial charge in [0, 0.05) is 17.6 Å². The number of carbonyl (C=O) groups is 2. The zero-order valence-corrected chi connectivity index (χ0v) is 19.8. The van der Waals surface area contributed by atoms with Gasteiger partial charge in [0.25, 0.3) is 0 Å². The molecule has 0 unspecified atom stereocenters. The number of urea groups is 1. The Bertz CT molecular complexity index is 1020. The summed E-state index contributed by atoms with van der Waals surface area (Å²) in [5.41, 5.74) is 2.41. The highest BCUT2D eigenvalue weighted by Crippen LogP contribution is 2.25. The van der Waals surface area contributed by atoms with Gasteiger partial charge in [-0.05, 0) is 43.0 Å². The summed E-state index contributed by atoms with van der Waals surface area (Å²) in [4.78, 5) is 27.1. The molecule has 0 atom stereocenters. The molecule has 0 spiro atoms. The summed E-state index contributed by atoms with van der Waals surface area (Å²) in [6, 6.07) is 17.1. The Balaban J connectivity index is 1.30. The minimum Gasteiger partial charge on any atom is -0.461 e. The van der Waals surface area contributed by atoms with Crippen LogP contribution in [-0.2, 0) is 27.4 Å². The summed E-state index contributed by atoms with van der Waals surface area (Å²) in [5.74, 6) is -0.157. The molecule has 1 aliphatic carbocycles. The molecule has 4 rings (SSSR count). The molecule has 0 aromatic heterocycles. The number of nitrogens with one attached hydrogen (secondary N) is 3. The highest BCUT2D eigenvalue weighted by atomic mass is 35.5. The molecule has 2 aliphatic rings. The number of carbonyl (C=O) groups excluding carboxylic acids is 2. The fraction of sp³-hybridized carbons (Fsp3) is 0.360. The lowest BCUT2D eigenvalue weighted by Gasteiger charge is -2.35. The number of amides is 2. The van der Waals surface area contributed by atoms with E-state index in [0.29, 0.717) is 36.4 Å². The van der Waals surface area contributed by atoms with Crippen LogP contribution in [0.25, 0.3) is 0 Å². The van der Waals surface area contributed by atoms with Gasteiger partial charge in [0.1, 0.15) is 5.82 Å². The molecule has 0 bridgehead atoms. The van der Waals surface area contributed by atoms with Crippen molar-refractivity contribution >= 4 is 23.6 Å². The maximum Gasteiger partial charge on any atom is 0.358 e. The number of rotatable bonds is 9. The lowest BCUT2D eigenvalue weighted by atomic mass is 9.89. The van der Waals surface area contributed by atoms with Crippen LogP contribution in [0, 0.1) is 0 Å². The minimum atomic E-state index is -0.491. The third-order valence-corrected chi connectivity index (χ3v) is 6.00. The zero-order chi connectivity index (χ0) is 23.9. The van der Waals surface area contributed by atoms with Crippen molar-refractivity contribution < 1.29 is 19.1 Å². The first-order valence-corrected chi connectivity index (χ1v) is 11.8. The van der Waals surface area contributed by atoms with Gasteiger partial charge in [-0.2, -0.15) is 0 Å². The fourth-order valence-electron chi connectivity index (χ4n) is 3.92. The number of esters is 1. The average molecular weight is 485 g/mol. The van der Waals surface area contributed by atoms with E-state index < -0.39 is 5.97 Å². The maximum atomic E-state index is 12.6. The molecule has 180 valence electrons. The van der Waals surface area contributed by atoms with Crippen LogP contribution in [0.1, 0.15) is 30.9 Å². The molecule has 0 saturated heterocycles. The summed E-state index contributed by atoms with van der Waals surface area (Å²) >= 11 is 5.97. The molecule has 3 N–H and O–H groups in total. The van der Waals surface area contributed by atoms with Gasteiger partial charge in [-0.15, -0.1) is 0 Å². The van der Waals surface area contributed by atoms with Crippen LogP contribution >= 0.6 is 11.6 Å². The number of hydrogen-bond acceptors (Lipinski definition) is 6. The van der Waals surface area contributed by atoms with Crippen molar-refractivity contribution in [2.45, 2.75) is 45.1 Å². The second-order valence-electron chi connectivity index (χ2n) is 8.29. The number of ether oxygens (including phenoxy) is 2. The fourth-order valence-corrected chi connectivity index (χ4v) is 4.04. The van der Waals surface area contributed by atoms with Gasteiger partial charge < -0.3 is 25.0 Å². The Morgan fingerprint density at radius 1 is 1.09 bits per heavy atom. The normalized spacial score (nSPS) is 19.3. The van der Waals surface area contributed by atoms with Crippen LogP contribution in [0.2, 0.25) is 5.02 Å². The van der Waals surface area contributed by atoms with Gasteiger partial charge in [0.2, 0.25) is 0 Å². The SMILES string of the molecule is CCOC(=O)C1=C(NC(=O)NC2CC(OCc3ccccc3)C2)NCN1Cc1ccc(Cl)cc1. The highest BCUT2D eigenvalue weighted by molar-refractivity contribution is 6.30. The third-order valence-electron chi connectivity index (χ3n) is 5.75. The van der Waals surface area contributed by atoms with Crippen molar-refractivity contribution in [1.29, 1.82) is 0 Å². The van der Waals surface area contributed by atoms with E-state index >= 15 is 0 Å². The van der Waals surface area contributed by atoms with E-state index in [2.05, 4.69) is 16.0 Å². The molecule has 2 aromatic rings. The summed E-state index contributed by atoms with van der Waals surface area (Å²) in [7, 11) is 0. The summed E-state index contributed by atoms with van der Waals surface area (Å²) in [5, 5.41) is 9.47. The van der Waals surface area contributed by atoms with E-state index in [1.165, 1.54) is 0 Å². The second kappa shape index (κ2) is 11.3. The van der Waals surface area contributed by atoms with Crippen molar-refractivity contribution in [3.8, 4) is 0 Å². The van der Waals surface area contributed by atoms with E-state index in [-0.39, 0.29) is 24.8 Å². The van der Waals surface area contributed by atoms with Gasteiger partial charge in [0.05, 0.1) is 26.0 Å². The van der Waals surface area contributed by atoms with Crippen molar-refractivity contribution in [1.82, 2.24) is 20.9 Å². The molecule has 0 radical (unpaired) electrons. The van der Waals surface area contributed by atoms with Crippen LogP contribution in [0.3, 0.4) is 0 Å². The van der Waals surface area contributed by atoms with Crippen LogP contribution < -0.4 is 16.0 Å². The highest BCUT2D eigenvalue weighted by Gasteiger charge is 2.33. The molecule has 34 heavy (non-hydrogen) atoms. The Labute approximate surface area is 204 Å². The van der Waals surface area contributed by atoms with Crippen molar-refractivity contribution in [3.63, 3.8) is 0 Å². The molecule has 1 fully saturated rings. The van der Waals surface area contributed by atoms with E-state index in [1.807, 2.05) is 47.4 Å². The van der Waals surface area contributed by atoms with Gasteiger partial charge >= 0.3 is 12.0 Å². The minimum absolute atomic E-state index is 0.0268. The largest absolute Gasteiger partial charge is 0.461 e. The predicted octanol–water partition coefficient (Wildman–Crippen LogP) is 3.48. The Morgan fingerprint density at radius 3 is 2.53 bits per heavy atom. The summed E-state index contributed by atoms with van der Waals surface area (Å²) in [6.07, 6.45) is 1.62. The molecular formula is C25H29ClN4O4. The van der Waals surface area contributed by atoms with Crippen molar-refractivity contribution in [2.24, 2.45) is 0 Å². The van der Waals surface area contributed by atoms with Crippen molar-refractivity contribution in [2.75, 3.05) is 13.3 Å². The van der Waals surface area contributed by atoms with Crippen LogP contribution in [-0.4, -0.2) is 42.3 Å². The topological polar surface area (TPSA) is 91.9 Å². The predicted molar refractivity (Wildman–Crippen MR) is 128 cm³/mol. The molecule has 1 heterocycles. The Hall–Kier alpha value is -3.23. The third kappa shape index (κ3) is 6.21. The number of nitrogens with zero attached hydrogens (tertiary/aromatic N) is 1. The average Bonchev–Trinajstić information content (AvgIpc) is 3.19. The van der Waals surface area contributed by atoms with Crippen LogP contribution in [0.15, 0.2) is 66.1 Å². The number of hydrogen-bond donors (Lipinski definition) is 3. The van der Waals surface area contributed by atoms with E-state index in [0.717, 1.165) is 24.0 Å². The lowest BCUT2D eigenvalue weighted by molar-refractivity contribution is -0.140. The first-order valence-electron chi connectivity index (χ1n) is 11.4. The number of benzene rings is 2. The molecule has 1 saturated carbocycles. The maximum absolute atomic E-state index is 12.6. The Morgan fingerprint density at radius 2 is 1.82 bits per heavy atom. The molecule has 2 amide bonds. The first kappa shape index (κ1) is 23.9. The lowest BCUT2D eigenvalue weighted by Crippen LogP contribution is -2.51. The quantitative estimate of drug-likeness (QED) is 0.472. The molecule has 1 aliphatic heterocycles. The van der Waals surface area contributed by atoms with Gasteiger partial charge in [-0.3, -0.25) is 5.32 Å². The van der Waals surface area contributed by atoms with Gasteiger partial charge in [-0.1, -0.05) is 54.1 Å². The van der Waals surface area contributed by atoms with Crippen LogP contribution in [0.4, 0.5) is 4.79 Å². The van der Waals surface area contributed by atoms with Crippen LogP contribution in [0.5, 0.6) is 0 Å². The zero-order valence-electron chi connectivity index (χ0n) is 19.1. The van der Waals surface area contributed by atoms with Gasteiger partial charge in [0.15, 0.2) is 5.70 Å². The van der Waals surface area contributed by atoms with E-state index in [1.54, 1.807) is 19.1 Å². The van der Waals surface area contributed by atoms with Gasteiger partial charge in [-0.25, -0.2) is 9.59 Å². The number of halogens is 1. The van der Waals surface area contributed by atoms with E-state index in [4.69, 9.17) is 21.1 Å². The molecule has 2 aromatic carbocycles. The standard InChI is InChI=1S/C25H29ClN4O4/c1-2-33-24(31)22-23(27-16-30(22)14-17-8-10-19(26)11-9-17)29-25(32)28-20-12-21(13-20)34-15-18-6-4-3-5-7-18/h3-11,20-21,27H,2,12-16H2,1H3,(H2,28,29,32). The van der Waals surface area contributed by atoms with Crippen molar-refractivity contribution in [3.05, 3.63) is 82.3 Å². The molecule has 9 heteroatoms. The van der Waals surface area contributed by atoms with E-state index in [9.17, 15) is 9.59 Å².